The predicted molar refractivity (Wildman–Crippen MR) is 138 cm³/mol. The van der Waals surface area contributed by atoms with Crippen LogP contribution in [0.1, 0.15) is 23.2 Å². The lowest BCUT2D eigenvalue weighted by atomic mass is 10.1. The molecule has 0 amide bonds. The van der Waals surface area contributed by atoms with Crippen LogP contribution in [0.15, 0.2) is 42.6 Å². The highest BCUT2D eigenvalue weighted by molar-refractivity contribution is 5.89. The number of nitrogens with zero attached hydrogens (tertiary/aromatic N) is 4. The molecule has 3 heterocycles. The number of likely N-dealkylation sites (N-methyl/N-ethyl adjacent to an activating group) is 1. The van der Waals surface area contributed by atoms with Crippen molar-refractivity contribution in [3.05, 3.63) is 59.4 Å². The Bertz CT molecular complexity index is 1400. The lowest BCUT2D eigenvalue weighted by Gasteiger charge is -2.32. The number of benzene rings is 2. The molecule has 2 aromatic carbocycles. The Morgan fingerprint density at radius 2 is 1.86 bits per heavy atom. The molecule has 1 saturated heterocycles. The maximum Gasteiger partial charge on any atom is 0.139 e. The van der Waals surface area contributed by atoms with Crippen LogP contribution in [-0.2, 0) is 0 Å². The maximum atomic E-state index is 9.79. The van der Waals surface area contributed by atoms with Crippen molar-refractivity contribution >= 4 is 21.8 Å². The van der Waals surface area contributed by atoms with E-state index < -0.39 is 0 Å². The second-order valence-electron chi connectivity index (χ2n) is 9.32. The monoisotopic (exact) mass is 469 g/mol. The molecule has 35 heavy (non-hydrogen) atoms. The highest BCUT2D eigenvalue weighted by Crippen LogP contribution is 2.34. The highest BCUT2D eigenvalue weighted by atomic mass is 16.5. The van der Waals surface area contributed by atoms with Gasteiger partial charge in [-0.15, -0.1) is 0 Å². The van der Waals surface area contributed by atoms with E-state index in [0.29, 0.717) is 23.7 Å². The number of piperazine rings is 1. The first-order chi connectivity index (χ1) is 17.0. The number of pyridine rings is 1. The Morgan fingerprint density at radius 3 is 2.66 bits per heavy atom. The molecule has 7 nitrogen and oxygen atoms in total. The summed E-state index contributed by atoms with van der Waals surface area (Å²) in [6.45, 7) is 10.2. The summed E-state index contributed by atoms with van der Waals surface area (Å²) in [5.41, 5.74) is 4.69. The quantitative estimate of drug-likeness (QED) is 0.383. The number of H-pyrrole nitrogens is 1. The molecule has 2 aromatic heterocycles. The predicted octanol–water partition coefficient (Wildman–Crippen LogP) is 5.01. The summed E-state index contributed by atoms with van der Waals surface area (Å²) < 4.78 is 12.3. The molecule has 0 saturated carbocycles. The number of nitrogens with one attached hydrogen (secondary N) is 1. The Morgan fingerprint density at radius 1 is 1.03 bits per heavy atom. The minimum Gasteiger partial charge on any atom is -0.492 e. The second-order valence-corrected chi connectivity index (χ2v) is 9.32. The van der Waals surface area contributed by atoms with Gasteiger partial charge in [0.2, 0.25) is 0 Å². The third kappa shape index (κ3) is 4.95. The van der Waals surface area contributed by atoms with Crippen molar-refractivity contribution in [1.29, 1.82) is 5.26 Å². The minimum atomic E-state index is 0.488. The average Bonchev–Trinajstić information content (AvgIpc) is 3.15. The van der Waals surface area contributed by atoms with E-state index in [9.17, 15) is 5.26 Å². The maximum absolute atomic E-state index is 9.79. The molecule has 0 bridgehead atoms. The van der Waals surface area contributed by atoms with E-state index in [-0.39, 0.29) is 0 Å². The summed E-state index contributed by atoms with van der Waals surface area (Å²) in [5, 5.41) is 11.7. The van der Waals surface area contributed by atoms with Crippen LogP contribution in [-0.4, -0.2) is 66.1 Å². The molecule has 7 heteroatoms. The van der Waals surface area contributed by atoms with Gasteiger partial charge in [-0.05, 0) is 63.2 Å². The molecule has 1 fully saturated rings. The van der Waals surface area contributed by atoms with Crippen LogP contribution in [0.2, 0.25) is 0 Å². The van der Waals surface area contributed by atoms with Crippen LogP contribution in [0.5, 0.6) is 17.2 Å². The lowest BCUT2D eigenvalue weighted by Crippen LogP contribution is -2.44. The summed E-state index contributed by atoms with van der Waals surface area (Å²) in [6, 6.07) is 13.8. The van der Waals surface area contributed by atoms with Crippen LogP contribution in [0, 0.1) is 25.2 Å². The van der Waals surface area contributed by atoms with Crippen molar-refractivity contribution < 1.29 is 9.47 Å². The third-order valence-electron chi connectivity index (χ3n) is 6.90. The van der Waals surface area contributed by atoms with Gasteiger partial charge in [-0.2, -0.15) is 5.26 Å². The minimum absolute atomic E-state index is 0.488. The van der Waals surface area contributed by atoms with Crippen molar-refractivity contribution in [2.45, 2.75) is 20.3 Å². The topological polar surface area (TPSA) is 77.4 Å². The standard InChI is InChI=1S/C28H31N5O2/c1-19-20(2)31-25-6-5-22(16-23(19)25)35-27-7-8-30-26-17-28(21(18-29)15-24(26)27)34-14-4-9-33-12-10-32(3)11-13-33/h5-8,15-17,31H,4,9-14H2,1-3H3. The first-order valence-corrected chi connectivity index (χ1v) is 12.1. The number of aryl methyl sites for hydroxylation is 2. The molecular weight excluding hydrogens is 438 g/mol. The van der Waals surface area contributed by atoms with E-state index in [1.165, 1.54) is 5.56 Å². The van der Waals surface area contributed by atoms with Gasteiger partial charge in [-0.1, -0.05) is 0 Å². The van der Waals surface area contributed by atoms with Crippen molar-refractivity contribution in [1.82, 2.24) is 19.8 Å². The Hall–Kier alpha value is -3.60. The van der Waals surface area contributed by atoms with Gasteiger partial charge in [0, 0.05) is 67.0 Å². The number of aromatic nitrogens is 2. The first kappa shape index (κ1) is 23.2. The van der Waals surface area contributed by atoms with Crippen molar-refractivity contribution in [2.24, 2.45) is 0 Å². The van der Waals surface area contributed by atoms with Crippen molar-refractivity contribution in [3.8, 4) is 23.3 Å². The Labute approximate surface area is 205 Å². The van der Waals surface area contributed by atoms with E-state index >= 15 is 0 Å². The fourth-order valence-electron chi connectivity index (χ4n) is 4.62. The number of nitriles is 1. The fraction of sp³-hybridized carbons (Fsp3) is 0.357. The number of fused-ring (bicyclic) bond motifs is 2. The molecule has 0 unspecified atom stereocenters. The number of ether oxygens (including phenoxy) is 2. The molecule has 0 atom stereocenters. The Balaban J connectivity index is 1.32. The van der Waals surface area contributed by atoms with Crippen molar-refractivity contribution in [3.63, 3.8) is 0 Å². The van der Waals surface area contributed by atoms with Gasteiger partial charge >= 0.3 is 0 Å². The molecule has 1 aliphatic heterocycles. The Kier molecular flexibility index (Phi) is 6.58. The third-order valence-corrected chi connectivity index (χ3v) is 6.90. The summed E-state index contributed by atoms with van der Waals surface area (Å²) in [5.74, 6) is 1.98. The number of rotatable bonds is 7. The van der Waals surface area contributed by atoms with E-state index in [0.717, 1.165) is 72.4 Å². The van der Waals surface area contributed by atoms with Gasteiger partial charge in [0.05, 0.1) is 17.7 Å². The molecule has 180 valence electrons. The summed E-state index contributed by atoms with van der Waals surface area (Å²) >= 11 is 0. The second kappa shape index (κ2) is 9.95. The van der Waals surface area contributed by atoms with E-state index in [1.54, 1.807) is 6.20 Å². The zero-order valence-electron chi connectivity index (χ0n) is 20.6. The average molecular weight is 470 g/mol. The zero-order valence-corrected chi connectivity index (χ0v) is 20.6. The summed E-state index contributed by atoms with van der Waals surface area (Å²) in [7, 11) is 2.16. The molecular formula is C28H31N5O2. The summed E-state index contributed by atoms with van der Waals surface area (Å²) in [6.07, 6.45) is 2.65. The molecule has 1 aliphatic rings. The zero-order chi connectivity index (χ0) is 24.4. The van der Waals surface area contributed by atoms with Crippen LogP contribution >= 0.6 is 0 Å². The SMILES string of the molecule is Cc1[nH]c2ccc(Oc3ccnc4cc(OCCCN5CCN(C)CC5)c(C#N)cc34)cc2c1C. The molecule has 4 aromatic rings. The van der Waals surface area contributed by atoms with Gasteiger partial charge in [-0.25, -0.2) is 0 Å². The van der Waals surface area contributed by atoms with Crippen LogP contribution in [0.3, 0.4) is 0 Å². The normalized spacial score (nSPS) is 14.9. The highest BCUT2D eigenvalue weighted by Gasteiger charge is 2.15. The largest absolute Gasteiger partial charge is 0.492 e. The van der Waals surface area contributed by atoms with Crippen molar-refractivity contribution in [2.75, 3.05) is 46.4 Å². The van der Waals surface area contributed by atoms with Crippen LogP contribution in [0.4, 0.5) is 0 Å². The first-order valence-electron chi connectivity index (χ1n) is 12.1. The van der Waals surface area contributed by atoms with Gasteiger partial charge < -0.3 is 24.3 Å². The number of hydrogen-bond donors (Lipinski definition) is 1. The van der Waals surface area contributed by atoms with Gasteiger partial charge in [0.1, 0.15) is 23.3 Å². The lowest BCUT2D eigenvalue weighted by molar-refractivity contribution is 0.145. The molecule has 0 radical (unpaired) electrons. The van der Waals surface area contributed by atoms with E-state index in [2.05, 4.69) is 46.7 Å². The molecule has 0 spiro atoms. The molecule has 0 aliphatic carbocycles. The van der Waals surface area contributed by atoms with E-state index in [4.69, 9.17) is 9.47 Å². The smallest absolute Gasteiger partial charge is 0.139 e. The molecule has 1 N–H and O–H groups in total. The number of aromatic amines is 1. The van der Waals surface area contributed by atoms with Gasteiger partial charge in [-0.3, -0.25) is 4.98 Å². The van der Waals surface area contributed by atoms with Crippen LogP contribution in [0.25, 0.3) is 21.8 Å². The van der Waals surface area contributed by atoms with Gasteiger partial charge in [0.15, 0.2) is 0 Å². The van der Waals surface area contributed by atoms with Gasteiger partial charge in [0.25, 0.3) is 0 Å². The fourth-order valence-corrected chi connectivity index (χ4v) is 4.62. The summed E-state index contributed by atoms with van der Waals surface area (Å²) in [4.78, 5) is 12.7. The molecule has 5 rings (SSSR count). The van der Waals surface area contributed by atoms with Crippen LogP contribution < -0.4 is 9.47 Å². The van der Waals surface area contributed by atoms with E-state index in [1.807, 2.05) is 36.4 Å². The number of hydrogen-bond acceptors (Lipinski definition) is 6.